The first-order valence-electron chi connectivity index (χ1n) is 8.81. The Morgan fingerprint density at radius 2 is 1.80 bits per heavy atom. The zero-order valence-corrected chi connectivity index (χ0v) is 17.3. The molecule has 3 rings (SSSR count). The molecule has 10 heteroatoms. The van der Waals surface area contributed by atoms with E-state index in [0.717, 1.165) is 4.31 Å². The minimum atomic E-state index is -3.70. The number of rotatable bonds is 5. The topological polar surface area (TPSA) is 101 Å². The Labute approximate surface area is 172 Å². The van der Waals surface area contributed by atoms with E-state index in [1.54, 1.807) is 13.0 Å². The lowest BCUT2D eigenvalue weighted by Crippen LogP contribution is -2.27. The Kier molecular flexibility index (Phi) is 5.81. The summed E-state index contributed by atoms with van der Waals surface area (Å²) in [6.07, 6.45) is 0. The number of amides is 1. The van der Waals surface area contributed by atoms with E-state index in [-0.39, 0.29) is 16.3 Å². The zero-order chi connectivity index (χ0) is 22.1. The molecule has 3 aromatic rings. The van der Waals surface area contributed by atoms with Gasteiger partial charge in [0.1, 0.15) is 11.5 Å². The third-order valence-corrected chi connectivity index (χ3v) is 6.08. The maximum atomic E-state index is 14.2. The number of aryl methyl sites for hydroxylation is 1. The fraction of sp³-hybridized carbons (Fsp3) is 0.150. The van der Waals surface area contributed by atoms with Crippen molar-refractivity contribution < 1.29 is 17.6 Å². The van der Waals surface area contributed by atoms with Gasteiger partial charge in [-0.25, -0.2) is 21.8 Å². The molecule has 0 aliphatic carbocycles. The van der Waals surface area contributed by atoms with Crippen LogP contribution in [-0.2, 0) is 10.0 Å². The third-order valence-electron chi connectivity index (χ3n) is 4.27. The van der Waals surface area contributed by atoms with Crippen LogP contribution in [0.2, 0.25) is 0 Å². The van der Waals surface area contributed by atoms with Gasteiger partial charge in [-0.05, 0) is 37.3 Å². The van der Waals surface area contributed by atoms with Gasteiger partial charge in [-0.2, -0.15) is 5.10 Å². The molecule has 0 aliphatic heterocycles. The second-order valence-electron chi connectivity index (χ2n) is 6.63. The molecule has 0 saturated heterocycles. The lowest BCUT2D eigenvalue weighted by atomic mass is 10.2. The molecule has 0 bridgehead atoms. The summed E-state index contributed by atoms with van der Waals surface area (Å²) in [7, 11) is -0.921. The Hall–Kier alpha value is -3.37. The van der Waals surface area contributed by atoms with E-state index in [4.69, 9.17) is 0 Å². The van der Waals surface area contributed by atoms with Gasteiger partial charge in [-0.1, -0.05) is 18.2 Å². The minimum absolute atomic E-state index is 0.0223. The number of carbonyl (C=O) groups excluding carboxylic acids is 1. The minimum Gasteiger partial charge on any atom is -0.320 e. The molecule has 0 radical (unpaired) electrons. The number of nitrogens with zero attached hydrogens (tertiary/aromatic N) is 3. The summed E-state index contributed by atoms with van der Waals surface area (Å²) in [6, 6.07) is 12.6. The number of hydrogen-bond acceptors (Lipinski definition) is 5. The van der Waals surface area contributed by atoms with Crippen LogP contribution in [0.1, 0.15) is 16.2 Å². The highest BCUT2D eigenvalue weighted by Gasteiger charge is 2.20. The summed E-state index contributed by atoms with van der Waals surface area (Å²) >= 11 is 0. The van der Waals surface area contributed by atoms with Gasteiger partial charge in [-0.15, -0.1) is 0 Å². The second-order valence-corrected chi connectivity index (χ2v) is 8.78. The SMILES string of the molecule is Cc1cc(=O)c(C(=O)Nc2cccc(S(=O)(=O)N(C)C)c2)nn1-c1ccccc1F. The number of benzene rings is 2. The Morgan fingerprint density at radius 1 is 1.10 bits per heavy atom. The van der Waals surface area contributed by atoms with E-state index in [9.17, 15) is 22.4 Å². The van der Waals surface area contributed by atoms with Gasteiger partial charge in [0.2, 0.25) is 15.5 Å². The first kappa shape index (κ1) is 21.3. The molecule has 8 nitrogen and oxygen atoms in total. The molecule has 1 amide bonds. The van der Waals surface area contributed by atoms with E-state index < -0.39 is 32.9 Å². The van der Waals surface area contributed by atoms with Gasteiger partial charge < -0.3 is 5.32 Å². The predicted octanol–water partition coefficient (Wildman–Crippen LogP) is 2.18. The summed E-state index contributed by atoms with van der Waals surface area (Å²) in [5, 5.41) is 6.50. The normalized spacial score (nSPS) is 11.5. The maximum Gasteiger partial charge on any atom is 0.280 e. The molecule has 156 valence electrons. The fourth-order valence-electron chi connectivity index (χ4n) is 2.71. The second kappa shape index (κ2) is 8.17. The molecule has 2 aromatic carbocycles. The van der Waals surface area contributed by atoms with Crippen molar-refractivity contribution in [3.05, 3.63) is 82.0 Å². The first-order valence-corrected chi connectivity index (χ1v) is 10.2. The van der Waals surface area contributed by atoms with Crippen LogP contribution in [0.4, 0.5) is 10.1 Å². The highest BCUT2D eigenvalue weighted by Crippen LogP contribution is 2.18. The van der Waals surface area contributed by atoms with Crippen molar-refractivity contribution in [1.82, 2.24) is 14.1 Å². The number of anilines is 1. The summed E-state index contributed by atoms with van der Waals surface area (Å²) in [6.45, 7) is 1.57. The van der Waals surface area contributed by atoms with E-state index in [1.165, 1.54) is 67.3 Å². The van der Waals surface area contributed by atoms with Crippen LogP contribution < -0.4 is 10.7 Å². The standard InChI is InChI=1S/C20H19FN4O4S/c1-13-11-18(26)19(23-25(13)17-10-5-4-9-16(17)21)20(27)22-14-7-6-8-15(12-14)30(28,29)24(2)3/h4-12H,1-3H3,(H,22,27). The molecule has 0 fully saturated rings. The summed E-state index contributed by atoms with van der Waals surface area (Å²) in [4.78, 5) is 25.0. The van der Waals surface area contributed by atoms with Crippen LogP contribution in [0.15, 0.2) is 64.3 Å². The molecule has 0 spiro atoms. The highest BCUT2D eigenvalue weighted by atomic mass is 32.2. The van der Waals surface area contributed by atoms with Crippen molar-refractivity contribution in [2.24, 2.45) is 0 Å². The van der Waals surface area contributed by atoms with Gasteiger partial charge in [0, 0.05) is 31.5 Å². The van der Waals surface area contributed by atoms with Gasteiger partial charge in [0.25, 0.3) is 5.91 Å². The van der Waals surface area contributed by atoms with Crippen molar-refractivity contribution in [3.63, 3.8) is 0 Å². The Bertz CT molecular complexity index is 1290. The average molecular weight is 430 g/mol. The molecule has 0 aliphatic rings. The zero-order valence-electron chi connectivity index (χ0n) is 16.5. The number of para-hydroxylation sites is 1. The van der Waals surface area contributed by atoms with Crippen LogP contribution in [0.3, 0.4) is 0 Å². The maximum absolute atomic E-state index is 14.2. The molecule has 0 atom stereocenters. The van der Waals surface area contributed by atoms with Crippen LogP contribution >= 0.6 is 0 Å². The lowest BCUT2D eigenvalue weighted by molar-refractivity contribution is 0.101. The van der Waals surface area contributed by atoms with E-state index in [2.05, 4.69) is 10.4 Å². The van der Waals surface area contributed by atoms with Crippen LogP contribution in [0.5, 0.6) is 0 Å². The summed E-state index contributed by atoms with van der Waals surface area (Å²) in [5.41, 5.74) is -0.495. The largest absolute Gasteiger partial charge is 0.320 e. The first-order chi connectivity index (χ1) is 14.1. The Morgan fingerprint density at radius 3 is 2.47 bits per heavy atom. The van der Waals surface area contributed by atoms with E-state index in [1.807, 2.05) is 0 Å². The molecule has 30 heavy (non-hydrogen) atoms. The van der Waals surface area contributed by atoms with Crippen LogP contribution in [0, 0.1) is 12.7 Å². The van der Waals surface area contributed by atoms with Gasteiger partial charge in [-0.3, -0.25) is 9.59 Å². The van der Waals surface area contributed by atoms with Crippen molar-refractivity contribution in [3.8, 4) is 5.69 Å². The fourth-order valence-corrected chi connectivity index (χ4v) is 3.66. The van der Waals surface area contributed by atoms with Crippen molar-refractivity contribution in [2.75, 3.05) is 19.4 Å². The van der Waals surface area contributed by atoms with Crippen LogP contribution in [-0.4, -0.2) is 42.5 Å². The molecular formula is C20H19FN4O4S. The summed E-state index contributed by atoms with van der Waals surface area (Å²) in [5.74, 6) is -1.41. The molecule has 1 heterocycles. The molecular weight excluding hydrogens is 411 g/mol. The molecule has 0 unspecified atom stereocenters. The highest BCUT2D eigenvalue weighted by molar-refractivity contribution is 7.89. The number of sulfonamides is 1. The quantitative estimate of drug-likeness (QED) is 0.669. The summed E-state index contributed by atoms with van der Waals surface area (Å²) < 4.78 is 40.9. The number of hydrogen-bond donors (Lipinski definition) is 1. The number of aromatic nitrogens is 2. The number of nitrogens with one attached hydrogen (secondary N) is 1. The molecule has 0 saturated carbocycles. The van der Waals surface area contributed by atoms with Crippen LogP contribution in [0.25, 0.3) is 5.69 Å². The molecule has 1 aromatic heterocycles. The lowest BCUT2D eigenvalue weighted by Gasteiger charge is -2.13. The Balaban J connectivity index is 1.98. The van der Waals surface area contributed by atoms with Crippen molar-refractivity contribution in [2.45, 2.75) is 11.8 Å². The van der Waals surface area contributed by atoms with Crippen molar-refractivity contribution >= 4 is 21.6 Å². The van der Waals surface area contributed by atoms with Gasteiger partial charge >= 0.3 is 0 Å². The predicted molar refractivity (Wildman–Crippen MR) is 110 cm³/mol. The van der Waals surface area contributed by atoms with Gasteiger partial charge in [0.05, 0.1) is 4.90 Å². The number of carbonyl (C=O) groups is 1. The van der Waals surface area contributed by atoms with Crippen molar-refractivity contribution in [1.29, 1.82) is 0 Å². The molecule has 1 N–H and O–H groups in total. The van der Waals surface area contributed by atoms with E-state index in [0.29, 0.717) is 5.69 Å². The number of halogens is 1. The third kappa shape index (κ3) is 4.14. The smallest absolute Gasteiger partial charge is 0.280 e. The van der Waals surface area contributed by atoms with Gasteiger partial charge in [0.15, 0.2) is 5.69 Å². The monoisotopic (exact) mass is 430 g/mol. The van der Waals surface area contributed by atoms with E-state index >= 15 is 0 Å². The average Bonchev–Trinajstić information content (AvgIpc) is 2.69.